The minimum atomic E-state index is -0.311. The van der Waals surface area contributed by atoms with Crippen molar-refractivity contribution >= 4 is 33.6 Å². The average Bonchev–Trinajstić information content (AvgIpc) is 2.50. The van der Waals surface area contributed by atoms with E-state index in [-0.39, 0.29) is 24.4 Å². The quantitative estimate of drug-likeness (QED) is 0.639. The molecule has 6 nitrogen and oxygen atoms in total. The summed E-state index contributed by atoms with van der Waals surface area (Å²) in [5.41, 5.74) is 0.707. The van der Waals surface area contributed by atoms with Gasteiger partial charge in [-0.05, 0) is 43.7 Å². The van der Waals surface area contributed by atoms with E-state index in [9.17, 15) is 9.59 Å². The first kappa shape index (κ1) is 16.8. The molecule has 1 saturated heterocycles. The molecule has 0 aliphatic carbocycles. The number of anilines is 1. The number of amides is 3. The minimum absolute atomic E-state index is 0.0300. The molecule has 7 heteroatoms. The van der Waals surface area contributed by atoms with Gasteiger partial charge in [0.15, 0.2) is 0 Å². The number of rotatable bonds is 5. The predicted molar refractivity (Wildman–Crippen MR) is 89.8 cm³/mol. The van der Waals surface area contributed by atoms with Crippen LogP contribution in [-0.2, 0) is 4.79 Å². The molecule has 3 amide bonds. The summed E-state index contributed by atoms with van der Waals surface area (Å²) in [6.45, 7) is 2.15. The molecule has 1 aromatic rings. The molecule has 1 atom stereocenters. The third-order valence-electron chi connectivity index (χ3n) is 3.40. The van der Waals surface area contributed by atoms with Gasteiger partial charge in [-0.2, -0.15) is 0 Å². The fourth-order valence-corrected chi connectivity index (χ4v) is 2.54. The maximum absolute atomic E-state index is 11.8. The largest absolute Gasteiger partial charge is 0.352 e. The van der Waals surface area contributed by atoms with Crippen molar-refractivity contribution in [2.24, 2.45) is 0 Å². The number of hydrogen-bond donors (Lipinski definition) is 4. The third-order valence-corrected chi connectivity index (χ3v) is 3.93. The van der Waals surface area contributed by atoms with Crippen molar-refractivity contribution < 1.29 is 9.59 Å². The molecule has 1 aromatic carbocycles. The van der Waals surface area contributed by atoms with Crippen molar-refractivity contribution in [2.45, 2.75) is 25.3 Å². The van der Waals surface area contributed by atoms with Crippen molar-refractivity contribution in [3.8, 4) is 0 Å². The summed E-state index contributed by atoms with van der Waals surface area (Å²) in [6.07, 6.45) is 2.37. The first-order valence-corrected chi connectivity index (χ1v) is 8.23. The second kappa shape index (κ2) is 8.75. The zero-order valence-electron chi connectivity index (χ0n) is 12.3. The lowest BCUT2D eigenvalue weighted by molar-refractivity contribution is -0.121. The van der Waals surface area contributed by atoms with Crippen molar-refractivity contribution in [2.75, 3.05) is 25.0 Å². The number of urea groups is 1. The summed E-state index contributed by atoms with van der Waals surface area (Å²) >= 11 is 3.33. The minimum Gasteiger partial charge on any atom is -0.352 e. The van der Waals surface area contributed by atoms with Crippen LogP contribution in [0.2, 0.25) is 0 Å². The Morgan fingerprint density at radius 1 is 1.27 bits per heavy atom. The van der Waals surface area contributed by atoms with E-state index in [0.29, 0.717) is 12.2 Å². The zero-order chi connectivity index (χ0) is 15.8. The van der Waals surface area contributed by atoms with E-state index in [1.807, 2.05) is 12.1 Å². The molecule has 1 aliphatic rings. The monoisotopic (exact) mass is 368 g/mol. The van der Waals surface area contributed by atoms with Gasteiger partial charge in [-0.15, -0.1) is 0 Å². The van der Waals surface area contributed by atoms with E-state index in [1.165, 1.54) is 0 Å². The standard InChI is InChI=1S/C15H21BrN4O2/c16-11-3-5-12(6-4-11)20-15(22)18-9-7-14(21)19-13-2-1-8-17-10-13/h3-6,13,17H,1-2,7-10H2,(H,19,21)(H2,18,20,22)/t13-/m0/s1. The normalized spacial score (nSPS) is 17.6. The Morgan fingerprint density at radius 2 is 2.05 bits per heavy atom. The van der Waals surface area contributed by atoms with Crippen molar-refractivity contribution in [3.63, 3.8) is 0 Å². The number of halogens is 1. The molecule has 0 bridgehead atoms. The molecule has 0 radical (unpaired) electrons. The molecule has 1 aliphatic heterocycles. The van der Waals surface area contributed by atoms with E-state index in [0.717, 1.165) is 30.4 Å². The highest BCUT2D eigenvalue weighted by Gasteiger charge is 2.15. The summed E-state index contributed by atoms with van der Waals surface area (Å²) in [4.78, 5) is 23.5. The number of nitrogens with one attached hydrogen (secondary N) is 4. The number of hydrogen-bond acceptors (Lipinski definition) is 3. The highest BCUT2D eigenvalue weighted by atomic mass is 79.9. The summed E-state index contributed by atoms with van der Waals surface area (Å²) in [6, 6.07) is 7.19. The molecule has 0 spiro atoms. The first-order valence-electron chi connectivity index (χ1n) is 7.44. The van der Waals surface area contributed by atoms with Crippen LogP contribution in [0.5, 0.6) is 0 Å². The Morgan fingerprint density at radius 3 is 2.73 bits per heavy atom. The molecular weight excluding hydrogens is 348 g/mol. The van der Waals surface area contributed by atoms with Crippen LogP contribution in [0.15, 0.2) is 28.7 Å². The number of benzene rings is 1. The highest BCUT2D eigenvalue weighted by Crippen LogP contribution is 2.13. The van der Waals surface area contributed by atoms with Crippen LogP contribution in [0, 0.1) is 0 Å². The van der Waals surface area contributed by atoms with Gasteiger partial charge in [-0.1, -0.05) is 15.9 Å². The number of carbonyl (C=O) groups is 2. The van der Waals surface area contributed by atoms with Crippen LogP contribution in [-0.4, -0.2) is 37.6 Å². The SMILES string of the molecule is O=C(CCNC(=O)Nc1ccc(Br)cc1)N[C@H]1CCCNC1. The molecule has 1 heterocycles. The van der Waals surface area contributed by atoms with Gasteiger partial charge in [0.1, 0.15) is 0 Å². The summed E-state index contributed by atoms with van der Waals surface area (Å²) in [7, 11) is 0. The van der Waals surface area contributed by atoms with Gasteiger partial charge in [-0.3, -0.25) is 4.79 Å². The molecule has 120 valence electrons. The summed E-state index contributed by atoms with van der Waals surface area (Å²) < 4.78 is 0.951. The Hall–Kier alpha value is -1.60. The molecule has 1 fully saturated rings. The molecule has 0 aromatic heterocycles. The number of piperidine rings is 1. The van der Waals surface area contributed by atoms with Gasteiger partial charge in [0.2, 0.25) is 5.91 Å². The lowest BCUT2D eigenvalue weighted by atomic mass is 10.1. The van der Waals surface area contributed by atoms with Gasteiger partial charge < -0.3 is 21.3 Å². The summed E-state index contributed by atoms with van der Waals surface area (Å²) in [5.74, 6) is -0.0300. The van der Waals surface area contributed by atoms with Crippen LogP contribution in [0.4, 0.5) is 10.5 Å². The maximum Gasteiger partial charge on any atom is 0.319 e. The third kappa shape index (κ3) is 6.03. The zero-order valence-corrected chi connectivity index (χ0v) is 13.9. The summed E-state index contributed by atoms with van der Waals surface area (Å²) in [5, 5.41) is 11.6. The van der Waals surface area contributed by atoms with Crippen LogP contribution in [0.25, 0.3) is 0 Å². The fraction of sp³-hybridized carbons (Fsp3) is 0.467. The van der Waals surface area contributed by atoms with Gasteiger partial charge in [0, 0.05) is 35.7 Å². The second-order valence-electron chi connectivity index (χ2n) is 5.25. The van der Waals surface area contributed by atoms with Crippen LogP contribution in [0.3, 0.4) is 0 Å². The predicted octanol–water partition coefficient (Wildman–Crippen LogP) is 1.83. The smallest absolute Gasteiger partial charge is 0.319 e. The Bertz CT molecular complexity index is 501. The Kier molecular flexibility index (Phi) is 6.67. The Labute approximate surface area is 138 Å². The van der Waals surface area contributed by atoms with Gasteiger partial charge >= 0.3 is 6.03 Å². The lowest BCUT2D eigenvalue weighted by Gasteiger charge is -2.23. The van der Waals surface area contributed by atoms with Crippen molar-refractivity contribution in [1.29, 1.82) is 0 Å². The molecular formula is C15H21BrN4O2. The molecule has 22 heavy (non-hydrogen) atoms. The average molecular weight is 369 g/mol. The van der Waals surface area contributed by atoms with E-state index < -0.39 is 0 Å². The fourth-order valence-electron chi connectivity index (χ4n) is 2.27. The first-order chi connectivity index (χ1) is 10.6. The van der Waals surface area contributed by atoms with E-state index >= 15 is 0 Å². The lowest BCUT2D eigenvalue weighted by Crippen LogP contribution is -2.46. The van der Waals surface area contributed by atoms with Crippen LogP contribution in [0.1, 0.15) is 19.3 Å². The Balaban J connectivity index is 1.61. The molecule has 2 rings (SSSR count). The van der Waals surface area contributed by atoms with E-state index in [4.69, 9.17) is 0 Å². The highest BCUT2D eigenvalue weighted by molar-refractivity contribution is 9.10. The van der Waals surface area contributed by atoms with Crippen LogP contribution >= 0.6 is 15.9 Å². The van der Waals surface area contributed by atoms with E-state index in [1.54, 1.807) is 12.1 Å². The van der Waals surface area contributed by atoms with Gasteiger partial charge in [0.25, 0.3) is 0 Å². The van der Waals surface area contributed by atoms with Crippen molar-refractivity contribution in [3.05, 3.63) is 28.7 Å². The molecule has 0 unspecified atom stereocenters. The van der Waals surface area contributed by atoms with Crippen molar-refractivity contribution in [1.82, 2.24) is 16.0 Å². The number of carbonyl (C=O) groups excluding carboxylic acids is 2. The van der Waals surface area contributed by atoms with Gasteiger partial charge in [-0.25, -0.2) is 4.79 Å². The van der Waals surface area contributed by atoms with E-state index in [2.05, 4.69) is 37.2 Å². The molecule has 4 N–H and O–H groups in total. The maximum atomic E-state index is 11.8. The van der Waals surface area contributed by atoms with Gasteiger partial charge in [0.05, 0.1) is 0 Å². The second-order valence-corrected chi connectivity index (χ2v) is 6.16. The topological polar surface area (TPSA) is 82.3 Å². The molecule has 0 saturated carbocycles. The van der Waals surface area contributed by atoms with Crippen LogP contribution < -0.4 is 21.3 Å².